The first-order valence-corrected chi connectivity index (χ1v) is 10.7. The average molecular weight is 413 g/mol. The van der Waals surface area contributed by atoms with Crippen molar-refractivity contribution in [1.82, 2.24) is 18.9 Å². The number of para-hydroxylation sites is 3. The van der Waals surface area contributed by atoms with Crippen molar-refractivity contribution in [2.24, 2.45) is 0 Å². The summed E-state index contributed by atoms with van der Waals surface area (Å²) in [6.07, 6.45) is 1.92. The standard InChI is InChI=1S/C27H19N5/c1-2-10-18(11-3-1)24-25(31-17-9-8-16-23(31)30-24)27-28-20-13-5-4-12-19(20)26-29-21-14-6-7-15-22(21)32(26)27/h1-17,27-28H. The Morgan fingerprint density at radius 1 is 0.719 bits per heavy atom. The van der Waals surface area contributed by atoms with E-state index in [0.717, 1.165) is 50.7 Å². The molecular weight excluding hydrogens is 394 g/mol. The van der Waals surface area contributed by atoms with Crippen molar-refractivity contribution in [3.63, 3.8) is 0 Å². The molecule has 152 valence electrons. The molecule has 6 aromatic rings. The maximum Gasteiger partial charge on any atom is 0.149 e. The summed E-state index contributed by atoms with van der Waals surface area (Å²) in [4.78, 5) is 10.1. The zero-order chi connectivity index (χ0) is 21.1. The molecule has 0 saturated carbocycles. The van der Waals surface area contributed by atoms with E-state index in [-0.39, 0.29) is 6.17 Å². The fourth-order valence-electron chi connectivity index (χ4n) is 4.79. The highest BCUT2D eigenvalue weighted by Crippen LogP contribution is 2.42. The molecule has 5 heteroatoms. The van der Waals surface area contributed by atoms with E-state index >= 15 is 0 Å². The predicted molar refractivity (Wildman–Crippen MR) is 128 cm³/mol. The number of nitrogens with one attached hydrogen (secondary N) is 1. The van der Waals surface area contributed by atoms with Crippen LogP contribution in [0, 0.1) is 0 Å². The number of rotatable bonds is 2. The minimum Gasteiger partial charge on any atom is -0.359 e. The number of hydrogen-bond donors (Lipinski definition) is 1. The number of anilines is 1. The maximum absolute atomic E-state index is 5.04. The highest BCUT2D eigenvalue weighted by molar-refractivity contribution is 5.87. The number of fused-ring (bicyclic) bond motifs is 6. The van der Waals surface area contributed by atoms with Crippen LogP contribution in [0.25, 0.3) is 39.3 Å². The second-order valence-corrected chi connectivity index (χ2v) is 8.03. The Labute approximate surface area is 184 Å². The second-order valence-electron chi connectivity index (χ2n) is 8.03. The molecule has 1 aliphatic heterocycles. The maximum atomic E-state index is 5.04. The van der Waals surface area contributed by atoms with Gasteiger partial charge in [-0.05, 0) is 36.4 Å². The molecule has 3 aromatic carbocycles. The Hall–Kier alpha value is -4.38. The van der Waals surface area contributed by atoms with Crippen LogP contribution in [0.1, 0.15) is 11.9 Å². The van der Waals surface area contributed by atoms with Gasteiger partial charge in [-0.2, -0.15) is 0 Å². The summed E-state index contributed by atoms with van der Waals surface area (Å²) in [6.45, 7) is 0. The van der Waals surface area contributed by atoms with Crippen LogP contribution < -0.4 is 5.32 Å². The highest BCUT2D eigenvalue weighted by atomic mass is 15.3. The SMILES string of the molecule is c1ccc(-c2nc3ccccn3c2C2Nc3ccccc3-c3nc4ccccc4n32)cc1. The van der Waals surface area contributed by atoms with Crippen LogP contribution >= 0.6 is 0 Å². The van der Waals surface area contributed by atoms with E-state index in [1.165, 1.54) is 0 Å². The van der Waals surface area contributed by atoms with Crippen molar-refractivity contribution in [2.45, 2.75) is 6.17 Å². The van der Waals surface area contributed by atoms with Gasteiger partial charge < -0.3 is 5.32 Å². The van der Waals surface area contributed by atoms with Gasteiger partial charge in [-0.25, -0.2) is 9.97 Å². The van der Waals surface area contributed by atoms with Crippen molar-refractivity contribution >= 4 is 22.4 Å². The molecule has 0 fully saturated rings. The molecule has 0 spiro atoms. The summed E-state index contributed by atoms with van der Waals surface area (Å²) in [6, 6.07) is 33.2. The first-order chi connectivity index (χ1) is 15.9. The van der Waals surface area contributed by atoms with Gasteiger partial charge in [-0.1, -0.05) is 60.7 Å². The van der Waals surface area contributed by atoms with Gasteiger partial charge in [0.25, 0.3) is 0 Å². The van der Waals surface area contributed by atoms with Crippen molar-refractivity contribution in [2.75, 3.05) is 5.32 Å². The van der Waals surface area contributed by atoms with Gasteiger partial charge in [-0.3, -0.25) is 8.97 Å². The molecule has 32 heavy (non-hydrogen) atoms. The molecule has 1 unspecified atom stereocenters. The van der Waals surface area contributed by atoms with Gasteiger partial charge in [0.15, 0.2) is 0 Å². The number of nitrogens with zero attached hydrogens (tertiary/aromatic N) is 4. The fraction of sp³-hybridized carbons (Fsp3) is 0.0370. The van der Waals surface area contributed by atoms with Crippen LogP contribution in [0.4, 0.5) is 5.69 Å². The molecule has 0 amide bonds. The Morgan fingerprint density at radius 3 is 2.44 bits per heavy atom. The minimum atomic E-state index is -0.167. The van der Waals surface area contributed by atoms with E-state index < -0.39 is 0 Å². The summed E-state index contributed by atoms with van der Waals surface area (Å²) < 4.78 is 4.49. The molecule has 4 heterocycles. The van der Waals surface area contributed by atoms with Gasteiger partial charge in [0.05, 0.1) is 22.4 Å². The van der Waals surface area contributed by atoms with E-state index in [1.807, 2.05) is 18.2 Å². The zero-order valence-corrected chi connectivity index (χ0v) is 17.2. The van der Waals surface area contributed by atoms with Gasteiger partial charge in [0, 0.05) is 23.0 Å². The van der Waals surface area contributed by atoms with Gasteiger partial charge in [-0.15, -0.1) is 0 Å². The second kappa shape index (κ2) is 6.56. The lowest BCUT2D eigenvalue weighted by molar-refractivity contribution is 0.645. The van der Waals surface area contributed by atoms with E-state index in [9.17, 15) is 0 Å². The Morgan fingerprint density at radius 2 is 1.50 bits per heavy atom. The summed E-state index contributed by atoms with van der Waals surface area (Å²) in [7, 11) is 0. The molecular formula is C27H19N5. The molecule has 3 aromatic heterocycles. The van der Waals surface area contributed by atoms with E-state index in [4.69, 9.17) is 9.97 Å². The van der Waals surface area contributed by atoms with Gasteiger partial charge >= 0.3 is 0 Å². The number of imidazole rings is 2. The molecule has 1 atom stereocenters. The van der Waals surface area contributed by atoms with E-state index in [1.54, 1.807) is 0 Å². The topological polar surface area (TPSA) is 47.1 Å². The van der Waals surface area contributed by atoms with Gasteiger partial charge in [0.2, 0.25) is 0 Å². The normalized spacial score (nSPS) is 14.8. The minimum absolute atomic E-state index is 0.167. The summed E-state index contributed by atoms with van der Waals surface area (Å²) >= 11 is 0. The molecule has 0 radical (unpaired) electrons. The molecule has 0 bridgehead atoms. The largest absolute Gasteiger partial charge is 0.359 e. The molecule has 0 aliphatic carbocycles. The van der Waals surface area contributed by atoms with E-state index in [0.29, 0.717) is 0 Å². The summed E-state index contributed by atoms with van der Waals surface area (Å²) in [5, 5.41) is 3.80. The first kappa shape index (κ1) is 17.3. The van der Waals surface area contributed by atoms with Crippen LogP contribution in [-0.2, 0) is 0 Å². The lowest BCUT2D eigenvalue weighted by Gasteiger charge is -2.30. The fourth-order valence-corrected chi connectivity index (χ4v) is 4.79. The number of hydrogen-bond acceptors (Lipinski definition) is 3. The van der Waals surface area contributed by atoms with Crippen molar-refractivity contribution < 1.29 is 0 Å². The molecule has 1 N–H and O–H groups in total. The molecule has 7 rings (SSSR count). The van der Waals surface area contributed by atoms with Crippen LogP contribution in [0.15, 0.2) is 103 Å². The smallest absolute Gasteiger partial charge is 0.149 e. The third kappa shape index (κ3) is 2.39. The predicted octanol–water partition coefficient (Wildman–Crippen LogP) is 5.99. The van der Waals surface area contributed by atoms with Crippen LogP contribution in [0.3, 0.4) is 0 Å². The highest BCUT2D eigenvalue weighted by Gasteiger charge is 2.32. The summed E-state index contributed by atoms with van der Waals surface area (Å²) in [5.74, 6) is 0.968. The van der Waals surface area contributed by atoms with Crippen molar-refractivity contribution in [1.29, 1.82) is 0 Å². The van der Waals surface area contributed by atoms with Crippen LogP contribution in [0.5, 0.6) is 0 Å². The van der Waals surface area contributed by atoms with Crippen molar-refractivity contribution in [3.8, 4) is 22.6 Å². The third-order valence-electron chi connectivity index (χ3n) is 6.19. The Balaban J connectivity index is 1.58. The van der Waals surface area contributed by atoms with Crippen LogP contribution in [0.2, 0.25) is 0 Å². The zero-order valence-electron chi connectivity index (χ0n) is 17.2. The van der Waals surface area contributed by atoms with Crippen molar-refractivity contribution in [3.05, 3.63) is 109 Å². The number of pyridine rings is 1. The van der Waals surface area contributed by atoms with E-state index in [2.05, 4.69) is 99.3 Å². The first-order valence-electron chi connectivity index (χ1n) is 10.7. The monoisotopic (exact) mass is 413 g/mol. The number of benzene rings is 3. The van der Waals surface area contributed by atoms with Crippen LogP contribution in [-0.4, -0.2) is 18.9 Å². The molecule has 5 nitrogen and oxygen atoms in total. The Bertz CT molecular complexity index is 1610. The Kier molecular flexibility index (Phi) is 3.55. The average Bonchev–Trinajstić information content (AvgIpc) is 3.44. The summed E-state index contributed by atoms with van der Waals surface area (Å²) in [5.41, 5.74) is 8.34. The lowest BCUT2D eigenvalue weighted by Crippen LogP contribution is -2.26. The van der Waals surface area contributed by atoms with Gasteiger partial charge in [0.1, 0.15) is 17.6 Å². The third-order valence-corrected chi connectivity index (χ3v) is 6.19. The number of aromatic nitrogens is 4. The molecule has 0 saturated heterocycles. The quantitative estimate of drug-likeness (QED) is 0.379. The lowest BCUT2D eigenvalue weighted by atomic mass is 10.0. The molecule has 1 aliphatic rings.